The molecular formula is C14H8ClF3N2O3S. The Morgan fingerprint density at radius 2 is 1.83 bits per heavy atom. The first-order valence-electron chi connectivity index (χ1n) is 6.19. The molecule has 2 aromatic rings. The first-order valence-corrected chi connectivity index (χ1v) is 8.06. The summed E-state index contributed by atoms with van der Waals surface area (Å²) < 4.78 is 66.9. The number of anilines is 1. The molecule has 2 rings (SSSR count). The summed E-state index contributed by atoms with van der Waals surface area (Å²) in [6, 6.07) is 10.1. The van der Waals surface area contributed by atoms with E-state index in [2.05, 4.69) is 9.46 Å². The van der Waals surface area contributed by atoms with E-state index in [0.29, 0.717) is 0 Å². The Balaban J connectivity index is 2.31. The fraction of sp³-hybridized carbons (Fsp3) is 0.0714. The maximum Gasteiger partial charge on any atom is 0.573 e. The van der Waals surface area contributed by atoms with Crippen molar-refractivity contribution in [2.24, 2.45) is 0 Å². The molecule has 5 nitrogen and oxygen atoms in total. The number of benzene rings is 2. The first-order chi connectivity index (χ1) is 11.1. The minimum Gasteiger partial charge on any atom is -0.404 e. The second kappa shape index (κ2) is 6.59. The quantitative estimate of drug-likeness (QED) is 0.877. The van der Waals surface area contributed by atoms with Crippen LogP contribution in [0.2, 0.25) is 5.02 Å². The van der Waals surface area contributed by atoms with E-state index in [1.165, 1.54) is 24.3 Å². The van der Waals surface area contributed by atoms with Gasteiger partial charge < -0.3 is 4.74 Å². The van der Waals surface area contributed by atoms with Crippen molar-refractivity contribution >= 4 is 27.3 Å². The summed E-state index contributed by atoms with van der Waals surface area (Å²) in [7, 11) is -4.12. The van der Waals surface area contributed by atoms with Crippen molar-refractivity contribution in [2.75, 3.05) is 4.72 Å². The van der Waals surface area contributed by atoms with Crippen LogP contribution in [0.3, 0.4) is 0 Å². The van der Waals surface area contributed by atoms with Gasteiger partial charge in [0.15, 0.2) is 0 Å². The van der Waals surface area contributed by atoms with Crippen molar-refractivity contribution in [1.29, 1.82) is 5.26 Å². The molecule has 0 aliphatic heterocycles. The molecular weight excluding hydrogens is 369 g/mol. The van der Waals surface area contributed by atoms with Gasteiger partial charge in [-0.25, -0.2) is 8.42 Å². The molecule has 0 fully saturated rings. The minimum atomic E-state index is -4.92. The van der Waals surface area contributed by atoms with Crippen molar-refractivity contribution in [1.82, 2.24) is 0 Å². The molecule has 126 valence electrons. The van der Waals surface area contributed by atoms with Crippen molar-refractivity contribution in [3.05, 3.63) is 53.1 Å². The average molecular weight is 377 g/mol. The number of halogens is 4. The molecule has 2 aromatic carbocycles. The monoisotopic (exact) mass is 376 g/mol. The standard InChI is InChI=1S/C14H8ClF3N2O3S/c15-11-7-10(5-6-12(11)23-14(16,17)18)20-24(21,22)13-4-2-1-3-9(13)8-19/h1-7,20H. The lowest BCUT2D eigenvalue weighted by atomic mass is 10.2. The average Bonchev–Trinajstić information content (AvgIpc) is 2.48. The van der Waals surface area contributed by atoms with Gasteiger partial charge in [0.2, 0.25) is 0 Å². The lowest BCUT2D eigenvalue weighted by molar-refractivity contribution is -0.274. The summed E-state index contributed by atoms with van der Waals surface area (Å²) in [4.78, 5) is -0.265. The van der Waals surface area contributed by atoms with Crippen LogP contribution in [0.5, 0.6) is 5.75 Å². The number of alkyl halides is 3. The normalized spacial score (nSPS) is 11.6. The smallest absolute Gasteiger partial charge is 0.404 e. The molecule has 0 atom stereocenters. The Bertz CT molecular complexity index is 908. The summed E-state index contributed by atoms with van der Waals surface area (Å²) in [5.74, 6) is -0.662. The number of hydrogen-bond acceptors (Lipinski definition) is 4. The van der Waals surface area contributed by atoms with Crippen LogP contribution in [-0.2, 0) is 10.0 Å². The van der Waals surface area contributed by atoms with Crippen LogP contribution in [0.1, 0.15) is 5.56 Å². The van der Waals surface area contributed by atoms with Crippen LogP contribution in [-0.4, -0.2) is 14.8 Å². The van der Waals surface area contributed by atoms with E-state index in [9.17, 15) is 21.6 Å². The Kier molecular flexibility index (Phi) is 4.91. The number of sulfonamides is 1. The highest BCUT2D eigenvalue weighted by Gasteiger charge is 2.32. The van der Waals surface area contributed by atoms with E-state index in [-0.39, 0.29) is 16.1 Å². The van der Waals surface area contributed by atoms with E-state index in [1.54, 1.807) is 6.07 Å². The molecule has 1 N–H and O–H groups in total. The molecule has 0 amide bonds. The van der Waals surface area contributed by atoms with Gasteiger partial charge in [-0.15, -0.1) is 13.2 Å². The molecule has 0 aliphatic rings. The third kappa shape index (κ3) is 4.31. The maximum absolute atomic E-state index is 12.3. The van der Waals surface area contributed by atoms with E-state index in [4.69, 9.17) is 16.9 Å². The summed E-state index contributed by atoms with van der Waals surface area (Å²) >= 11 is 5.66. The number of nitrogens with zero attached hydrogens (tertiary/aromatic N) is 1. The molecule has 0 aliphatic carbocycles. The van der Waals surface area contributed by atoms with E-state index >= 15 is 0 Å². The molecule has 0 bridgehead atoms. The first kappa shape index (κ1) is 17.9. The third-order valence-corrected chi connectivity index (χ3v) is 4.44. The third-order valence-electron chi connectivity index (χ3n) is 2.71. The van der Waals surface area contributed by atoms with Crippen LogP contribution >= 0.6 is 11.6 Å². The second-order valence-corrected chi connectivity index (χ2v) is 6.46. The van der Waals surface area contributed by atoms with Crippen LogP contribution in [0, 0.1) is 11.3 Å². The molecule has 0 saturated heterocycles. The molecule has 24 heavy (non-hydrogen) atoms. The highest BCUT2D eigenvalue weighted by Crippen LogP contribution is 2.32. The fourth-order valence-corrected chi connectivity index (χ4v) is 3.20. The maximum atomic E-state index is 12.3. The molecule has 0 saturated carbocycles. The molecule has 0 heterocycles. The summed E-state index contributed by atoms with van der Waals surface area (Å²) in [6.07, 6.45) is -4.92. The van der Waals surface area contributed by atoms with E-state index in [1.807, 2.05) is 0 Å². The van der Waals surface area contributed by atoms with Gasteiger partial charge in [-0.1, -0.05) is 23.7 Å². The fourth-order valence-electron chi connectivity index (χ4n) is 1.78. The summed E-state index contributed by atoms with van der Waals surface area (Å²) in [5, 5.41) is 8.52. The van der Waals surface area contributed by atoms with Gasteiger partial charge in [-0.05, 0) is 30.3 Å². The molecule has 0 aromatic heterocycles. The largest absolute Gasteiger partial charge is 0.573 e. The highest BCUT2D eigenvalue weighted by atomic mass is 35.5. The summed E-state index contributed by atoms with van der Waals surface area (Å²) in [5.41, 5.74) is -0.157. The molecule has 10 heteroatoms. The van der Waals surface area contributed by atoms with Crippen LogP contribution in [0.25, 0.3) is 0 Å². The number of nitrogens with one attached hydrogen (secondary N) is 1. The molecule has 0 spiro atoms. The molecule has 0 radical (unpaired) electrons. The summed E-state index contributed by atoms with van der Waals surface area (Å²) in [6.45, 7) is 0. The van der Waals surface area contributed by atoms with Gasteiger partial charge in [0.25, 0.3) is 10.0 Å². The lowest BCUT2D eigenvalue weighted by Gasteiger charge is -2.13. The lowest BCUT2D eigenvalue weighted by Crippen LogP contribution is -2.17. The Labute approximate surface area is 140 Å². The van der Waals surface area contributed by atoms with Crippen LogP contribution in [0.4, 0.5) is 18.9 Å². The predicted molar refractivity (Wildman–Crippen MR) is 80.1 cm³/mol. The van der Waals surface area contributed by atoms with Gasteiger partial charge in [-0.3, -0.25) is 4.72 Å². The zero-order valence-electron chi connectivity index (χ0n) is 11.6. The van der Waals surface area contributed by atoms with Gasteiger partial charge in [0.1, 0.15) is 16.7 Å². The van der Waals surface area contributed by atoms with Crippen molar-refractivity contribution in [3.63, 3.8) is 0 Å². The number of nitriles is 1. The van der Waals surface area contributed by atoms with Gasteiger partial charge in [0, 0.05) is 0 Å². The van der Waals surface area contributed by atoms with E-state index in [0.717, 1.165) is 18.2 Å². The second-order valence-electron chi connectivity index (χ2n) is 4.41. The van der Waals surface area contributed by atoms with Crippen LogP contribution < -0.4 is 9.46 Å². The zero-order valence-corrected chi connectivity index (χ0v) is 13.2. The Hall–Kier alpha value is -2.44. The number of rotatable bonds is 4. The number of ether oxygens (including phenoxy) is 1. The van der Waals surface area contributed by atoms with Crippen molar-refractivity contribution in [3.8, 4) is 11.8 Å². The zero-order chi connectivity index (χ0) is 18.0. The Morgan fingerprint density at radius 1 is 1.17 bits per heavy atom. The van der Waals surface area contributed by atoms with Gasteiger partial charge in [0.05, 0.1) is 16.3 Å². The highest BCUT2D eigenvalue weighted by molar-refractivity contribution is 7.92. The van der Waals surface area contributed by atoms with Crippen molar-refractivity contribution in [2.45, 2.75) is 11.3 Å². The molecule has 0 unspecified atom stereocenters. The van der Waals surface area contributed by atoms with Gasteiger partial charge in [-0.2, -0.15) is 5.26 Å². The SMILES string of the molecule is N#Cc1ccccc1S(=O)(=O)Nc1ccc(OC(F)(F)F)c(Cl)c1. The number of hydrogen-bond donors (Lipinski definition) is 1. The van der Waals surface area contributed by atoms with Crippen LogP contribution in [0.15, 0.2) is 47.4 Å². The van der Waals surface area contributed by atoms with E-state index < -0.39 is 27.2 Å². The topological polar surface area (TPSA) is 79.2 Å². The van der Waals surface area contributed by atoms with Crippen molar-refractivity contribution < 1.29 is 26.3 Å². The predicted octanol–water partition coefficient (Wildman–Crippen LogP) is 3.91. The van der Waals surface area contributed by atoms with Gasteiger partial charge >= 0.3 is 6.36 Å². The minimum absolute atomic E-state index is 0.0758. The Morgan fingerprint density at radius 3 is 2.42 bits per heavy atom.